The fraction of sp³-hybridized carbons (Fsp3) is 0.857. The summed E-state index contributed by atoms with van der Waals surface area (Å²) in [6.07, 6.45) is 8.56. The molecule has 16 heavy (non-hydrogen) atoms. The predicted octanol–water partition coefficient (Wildman–Crippen LogP) is 5.00. The summed E-state index contributed by atoms with van der Waals surface area (Å²) >= 11 is 0. The van der Waals surface area contributed by atoms with Gasteiger partial charge in [-0.25, -0.2) is 0 Å². The van der Waals surface area contributed by atoms with Gasteiger partial charge in [-0.05, 0) is 38.4 Å². The average molecular weight is 242 g/mol. The molecule has 0 saturated heterocycles. The van der Waals surface area contributed by atoms with Gasteiger partial charge in [-0.15, -0.1) is 6.58 Å². The molecule has 0 radical (unpaired) electrons. The van der Waals surface area contributed by atoms with Crippen LogP contribution in [0.15, 0.2) is 12.7 Å². The monoisotopic (exact) mass is 242 g/mol. The van der Waals surface area contributed by atoms with Crippen LogP contribution in [-0.4, -0.2) is 14.4 Å². The van der Waals surface area contributed by atoms with Crippen LogP contribution in [0.2, 0.25) is 19.6 Å². The molecule has 0 aliphatic heterocycles. The minimum absolute atomic E-state index is 0.399. The molecular weight excluding hydrogens is 212 g/mol. The van der Waals surface area contributed by atoms with E-state index in [1.54, 1.807) is 0 Å². The topological polar surface area (TPSA) is 9.23 Å². The zero-order chi connectivity index (χ0) is 12.6. The van der Waals surface area contributed by atoms with Gasteiger partial charge in [0.15, 0.2) is 8.32 Å². The molecule has 96 valence electrons. The van der Waals surface area contributed by atoms with E-state index >= 15 is 0 Å². The van der Waals surface area contributed by atoms with Crippen LogP contribution in [0.25, 0.3) is 0 Å². The van der Waals surface area contributed by atoms with Crippen molar-refractivity contribution in [3.63, 3.8) is 0 Å². The molecule has 0 aliphatic rings. The van der Waals surface area contributed by atoms with E-state index in [1.165, 1.54) is 25.7 Å². The van der Waals surface area contributed by atoms with Crippen LogP contribution in [0.1, 0.15) is 46.0 Å². The minimum atomic E-state index is -1.40. The quantitative estimate of drug-likeness (QED) is 0.408. The van der Waals surface area contributed by atoms with E-state index in [4.69, 9.17) is 4.43 Å². The summed E-state index contributed by atoms with van der Waals surface area (Å²) in [7, 11) is -1.40. The first-order valence-corrected chi connectivity index (χ1v) is 10.1. The highest BCUT2D eigenvalue weighted by atomic mass is 28.4. The van der Waals surface area contributed by atoms with Crippen LogP contribution >= 0.6 is 0 Å². The molecule has 0 fully saturated rings. The number of unbranched alkanes of at least 4 members (excludes halogenated alkanes) is 1. The van der Waals surface area contributed by atoms with Crippen molar-refractivity contribution in [1.29, 1.82) is 0 Å². The van der Waals surface area contributed by atoms with Gasteiger partial charge in [0.25, 0.3) is 0 Å². The number of hydrogen-bond acceptors (Lipinski definition) is 1. The second-order valence-corrected chi connectivity index (χ2v) is 10.3. The molecule has 0 rings (SSSR count). The Balaban J connectivity index is 4.06. The van der Waals surface area contributed by atoms with Crippen molar-refractivity contribution >= 4 is 8.32 Å². The van der Waals surface area contributed by atoms with Crippen molar-refractivity contribution < 1.29 is 4.43 Å². The lowest BCUT2D eigenvalue weighted by atomic mass is 9.96. The van der Waals surface area contributed by atoms with Crippen molar-refractivity contribution in [3.8, 4) is 0 Å². The first kappa shape index (κ1) is 15.9. The van der Waals surface area contributed by atoms with E-state index in [1.807, 2.05) is 6.08 Å². The van der Waals surface area contributed by atoms with Crippen LogP contribution < -0.4 is 0 Å². The molecule has 2 heteroatoms. The minimum Gasteiger partial charge on any atom is -0.414 e. The van der Waals surface area contributed by atoms with Crippen LogP contribution in [0.3, 0.4) is 0 Å². The van der Waals surface area contributed by atoms with Crippen molar-refractivity contribution in [2.24, 2.45) is 5.92 Å². The van der Waals surface area contributed by atoms with Gasteiger partial charge in [-0.3, -0.25) is 0 Å². The Kier molecular flexibility index (Phi) is 8.03. The third-order valence-electron chi connectivity index (χ3n) is 2.67. The Morgan fingerprint density at radius 3 is 2.38 bits per heavy atom. The maximum absolute atomic E-state index is 6.20. The van der Waals surface area contributed by atoms with E-state index in [0.717, 1.165) is 12.3 Å². The lowest BCUT2D eigenvalue weighted by Crippen LogP contribution is -2.32. The maximum atomic E-state index is 6.20. The first-order chi connectivity index (χ1) is 7.39. The van der Waals surface area contributed by atoms with Gasteiger partial charge in [0, 0.05) is 6.10 Å². The zero-order valence-corrected chi connectivity index (χ0v) is 12.9. The molecule has 2 atom stereocenters. The van der Waals surface area contributed by atoms with Gasteiger partial charge >= 0.3 is 0 Å². The fourth-order valence-corrected chi connectivity index (χ4v) is 3.19. The molecular formula is C14H30OSi. The predicted molar refractivity (Wildman–Crippen MR) is 76.3 cm³/mol. The molecule has 2 unspecified atom stereocenters. The van der Waals surface area contributed by atoms with Crippen molar-refractivity contribution in [2.75, 3.05) is 0 Å². The summed E-state index contributed by atoms with van der Waals surface area (Å²) in [5, 5.41) is 0. The van der Waals surface area contributed by atoms with Gasteiger partial charge < -0.3 is 4.43 Å². The average Bonchev–Trinajstić information content (AvgIpc) is 2.12. The largest absolute Gasteiger partial charge is 0.414 e. The Morgan fingerprint density at radius 2 is 1.94 bits per heavy atom. The zero-order valence-electron chi connectivity index (χ0n) is 11.9. The Morgan fingerprint density at radius 1 is 1.31 bits per heavy atom. The number of rotatable bonds is 9. The molecule has 0 N–H and O–H groups in total. The molecule has 0 aromatic rings. The summed E-state index contributed by atoms with van der Waals surface area (Å²) in [5.41, 5.74) is 0. The summed E-state index contributed by atoms with van der Waals surface area (Å²) < 4.78 is 6.20. The second-order valence-electron chi connectivity index (χ2n) is 5.86. The second kappa shape index (κ2) is 8.07. The Labute approximate surface area is 103 Å². The van der Waals surface area contributed by atoms with E-state index in [2.05, 4.69) is 40.1 Å². The van der Waals surface area contributed by atoms with Crippen LogP contribution in [0.5, 0.6) is 0 Å². The lowest BCUT2D eigenvalue weighted by molar-refractivity contribution is 0.163. The first-order valence-electron chi connectivity index (χ1n) is 6.67. The van der Waals surface area contributed by atoms with Gasteiger partial charge in [0.2, 0.25) is 0 Å². The summed E-state index contributed by atoms with van der Waals surface area (Å²) in [6.45, 7) is 15.2. The van der Waals surface area contributed by atoms with Crippen LogP contribution in [-0.2, 0) is 4.43 Å². The molecule has 0 amide bonds. The molecule has 0 spiro atoms. The molecule has 0 bridgehead atoms. The molecule has 0 aromatic carbocycles. The molecule has 1 nitrogen and oxygen atoms in total. The van der Waals surface area contributed by atoms with Gasteiger partial charge in [0.05, 0.1) is 0 Å². The highest BCUT2D eigenvalue weighted by Crippen LogP contribution is 2.21. The molecule has 0 heterocycles. The molecule has 0 saturated carbocycles. The lowest BCUT2D eigenvalue weighted by Gasteiger charge is -2.27. The fourth-order valence-electron chi connectivity index (χ4n) is 2.00. The standard InChI is InChI=1S/C14H30OSi/c1-7-9-11-13(3)12-14(10-8-2)15-16(4,5)6/h8,13-14H,2,7,9-12H2,1,3-6H3. The van der Waals surface area contributed by atoms with Crippen molar-refractivity contribution in [2.45, 2.75) is 71.7 Å². The molecule has 0 aromatic heterocycles. The van der Waals surface area contributed by atoms with Crippen molar-refractivity contribution in [1.82, 2.24) is 0 Å². The van der Waals surface area contributed by atoms with Crippen LogP contribution in [0, 0.1) is 5.92 Å². The SMILES string of the molecule is C=CCC(CC(C)CCCC)O[Si](C)(C)C. The third-order valence-corrected chi connectivity index (χ3v) is 3.71. The van der Waals surface area contributed by atoms with Gasteiger partial charge in [0.1, 0.15) is 0 Å². The van der Waals surface area contributed by atoms with E-state index in [0.29, 0.717) is 6.10 Å². The highest BCUT2D eigenvalue weighted by Gasteiger charge is 2.21. The normalized spacial score (nSPS) is 15.8. The van der Waals surface area contributed by atoms with E-state index < -0.39 is 8.32 Å². The maximum Gasteiger partial charge on any atom is 0.184 e. The number of hydrogen-bond donors (Lipinski definition) is 0. The van der Waals surface area contributed by atoms with E-state index in [-0.39, 0.29) is 0 Å². The van der Waals surface area contributed by atoms with Gasteiger partial charge in [-0.2, -0.15) is 0 Å². The smallest absolute Gasteiger partial charge is 0.184 e. The summed E-state index contributed by atoms with van der Waals surface area (Å²) in [5.74, 6) is 0.779. The molecule has 0 aliphatic carbocycles. The highest BCUT2D eigenvalue weighted by molar-refractivity contribution is 6.69. The third kappa shape index (κ3) is 9.17. The van der Waals surface area contributed by atoms with Crippen LogP contribution in [0.4, 0.5) is 0 Å². The van der Waals surface area contributed by atoms with E-state index in [9.17, 15) is 0 Å². The summed E-state index contributed by atoms with van der Waals surface area (Å²) in [6, 6.07) is 0. The summed E-state index contributed by atoms with van der Waals surface area (Å²) in [4.78, 5) is 0. The van der Waals surface area contributed by atoms with Crippen molar-refractivity contribution in [3.05, 3.63) is 12.7 Å². The van der Waals surface area contributed by atoms with Gasteiger partial charge in [-0.1, -0.05) is 39.2 Å². The Bertz CT molecular complexity index is 184. The Hall–Kier alpha value is -0.0831.